The van der Waals surface area contributed by atoms with Crippen molar-refractivity contribution >= 4 is 27.3 Å². The third-order valence-electron chi connectivity index (χ3n) is 5.11. The molecule has 1 saturated heterocycles. The van der Waals surface area contributed by atoms with Gasteiger partial charge in [-0.3, -0.25) is 4.90 Å². The standard InChI is InChI=1S/C19H22ClN3O2S/c20-18-4-2-1-3-16(18)14-22-9-11-23(12-10-22)26(24,25)17-5-6-19-15(13-17)7-8-21-19/h1-6,13,21H,7-12,14H2. The smallest absolute Gasteiger partial charge is 0.243 e. The lowest BCUT2D eigenvalue weighted by Crippen LogP contribution is -2.48. The van der Waals surface area contributed by atoms with Crippen molar-refractivity contribution in [3.8, 4) is 0 Å². The maximum absolute atomic E-state index is 13.0. The van der Waals surface area contributed by atoms with Crippen LogP contribution in [0.1, 0.15) is 11.1 Å². The van der Waals surface area contributed by atoms with Crippen LogP contribution in [0.2, 0.25) is 5.02 Å². The zero-order valence-corrected chi connectivity index (χ0v) is 16.1. The Labute approximate surface area is 159 Å². The van der Waals surface area contributed by atoms with E-state index in [4.69, 9.17) is 11.6 Å². The van der Waals surface area contributed by atoms with E-state index in [2.05, 4.69) is 10.2 Å². The number of benzene rings is 2. The van der Waals surface area contributed by atoms with Crippen LogP contribution in [0.3, 0.4) is 0 Å². The second-order valence-electron chi connectivity index (χ2n) is 6.77. The molecule has 0 bridgehead atoms. The highest BCUT2D eigenvalue weighted by molar-refractivity contribution is 7.89. The molecular weight excluding hydrogens is 370 g/mol. The van der Waals surface area contributed by atoms with E-state index in [0.29, 0.717) is 31.1 Å². The molecule has 0 unspecified atom stereocenters. The van der Waals surface area contributed by atoms with Gasteiger partial charge in [0.15, 0.2) is 0 Å². The van der Waals surface area contributed by atoms with Gasteiger partial charge in [0.25, 0.3) is 0 Å². The molecule has 0 saturated carbocycles. The lowest BCUT2D eigenvalue weighted by molar-refractivity contribution is 0.181. The van der Waals surface area contributed by atoms with E-state index >= 15 is 0 Å². The summed E-state index contributed by atoms with van der Waals surface area (Å²) in [7, 11) is -3.44. The molecule has 2 aromatic rings. The minimum atomic E-state index is -3.44. The van der Waals surface area contributed by atoms with Gasteiger partial charge >= 0.3 is 0 Å². The number of halogens is 1. The Balaban J connectivity index is 1.43. The van der Waals surface area contributed by atoms with E-state index in [1.54, 1.807) is 10.4 Å². The first kappa shape index (κ1) is 17.8. The maximum atomic E-state index is 13.0. The largest absolute Gasteiger partial charge is 0.384 e. The van der Waals surface area contributed by atoms with Crippen LogP contribution in [0.5, 0.6) is 0 Å². The predicted octanol–water partition coefficient (Wildman–Crippen LogP) is 2.81. The monoisotopic (exact) mass is 391 g/mol. The van der Waals surface area contributed by atoms with Crippen LogP contribution >= 0.6 is 11.6 Å². The Bertz CT molecular complexity index is 909. The van der Waals surface area contributed by atoms with Crippen molar-refractivity contribution in [3.05, 3.63) is 58.6 Å². The summed E-state index contributed by atoms with van der Waals surface area (Å²) in [5.41, 5.74) is 3.22. The average Bonchev–Trinajstić information content (AvgIpc) is 3.12. The molecule has 1 fully saturated rings. The number of piperazine rings is 1. The highest BCUT2D eigenvalue weighted by atomic mass is 35.5. The second-order valence-corrected chi connectivity index (χ2v) is 9.11. The molecule has 1 N–H and O–H groups in total. The molecule has 138 valence electrons. The normalized spacial score (nSPS) is 18.5. The first-order valence-corrected chi connectivity index (χ1v) is 10.7. The number of rotatable bonds is 4. The first-order chi connectivity index (χ1) is 12.5. The van der Waals surface area contributed by atoms with Crippen molar-refractivity contribution in [2.75, 3.05) is 38.0 Å². The van der Waals surface area contributed by atoms with Crippen molar-refractivity contribution in [3.63, 3.8) is 0 Å². The lowest BCUT2D eigenvalue weighted by Gasteiger charge is -2.34. The summed E-state index contributed by atoms with van der Waals surface area (Å²) in [6.07, 6.45) is 0.879. The van der Waals surface area contributed by atoms with Crippen LogP contribution in [-0.2, 0) is 23.0 Å². The number of hydrogen-bond acceptors (Lipinski definition) is 4. The van der Waals surface area contributed by atoms with Crippen LogP contribution in [0.4, 0.5) is 5.69 Å². The summed E-state index contributed by atoms with van der Waals surface area (Å²) in [6.45, 7) is 4.04. The van der Waals surface area contributed by atoms with Crippen LogP contribution in [-0.4, -0.2) is 50.3 Å². The van der Waals surface area contributed by atoms with Gasteiger partial charge in [-0.2, -0.15) is 4.31 Å². The van der Waals surface area contributed by atoms with Gasteiger partial charge in [0.05, 0.1) is 4.90 Å². The number of nitrogens with zero attached hydrogens (tertiary/aromatic N) is 2. The molecule has 5 nitrogen and oxygen atoms in total. The van der Waals surface area contributed by atoms with Crippen LogP contribution in [0.25, 0.3) is 0 Å². The van der Waals surface area contributed by atoms with Crippen LogP contribution in [0.15, 0.2) is 47.4 Å². The first-order valence-electron chi connectivity index (χ1n) is 8.87. The fourth-order valence-electron chi connectivity index (χ4n) is 3.59. The molecule has 0 radical (unpaired) electrons. The predicted molar refractivity (Wildman–Crippen MR) is 104 cm³/mol. The highest BCUT2D eigenvalue weighted by Crippen LogP contribution is 2.27. The summed E-state index contributed by atoms with van der Waals surface area (Å²) < 4.78 is 27.5. The number of anilines is 1. The Hall–Kier alpha value is -1.60. The van der Waals surface area contributed by atoms with Crippen LogP contribution < -0.4 is 5.32 Å². The molecule has 0 amide bonds. The van der Waals surface area contributed by atoms with E-state index < -0.39 is 10.0 Å². The SMILES string of the molecule is O=S(=O)(c1ccc2c(c1)CCN2)N1CCN(Cc2ccccc2Cl)CC1. The fraction of sp³-hybridized carbons (Fsp3) is 0.368. The highest BCUT2D eigenvalue weighted by Gasteiger charge is 2.29. The van der Waals surface area contributed by atoms with E-state index in [-0.39, 0.29) is 0 Å². The van der Waals surface area contributed by atoms with Gasteiger partial charge in [0.2, 0.25) is 10.0 Å². The van der Waals surface area contributed by atoms with Gasteiger partial charge in [0.1, 0.15) is 0 Å². The summed E-state index contributed by atoms with van der Waals surface area (Å²) >= 11 is 6.23. The third kappa shape index (κ3) is 3.47. The zero-order valence-electron chi connectivity index (χ0n) is 14.5. The topological polar surface area (TPSA) is 52.7 Å². The molecule has 2 aliphatic rings. The second kappa shape index (κ2) is 7.19. The Morgan fingerprint density at radius 3 is 2.58 bits per heavy atom. The van der Waals surface area contributed by atoms with Gasteiger partial charge in [-0.25, -0.2) is 8.42 Å². The maximum Gasteiger partial charge on any atom is 0.243 e. The summed E-state index contributed by atoms with van der Waals surface area (Å²) in [4.78, 5) is 2.65. The number of nitrogens with one attached hydrogen (secondary N) is 1. The summed E-state index contributed by atoms with van der Waals surface area (Å²) in [5, 5.41) is 4.02. The molecule has 0 spiro atoms. The van der Waals surface area contributed by atoms with E-state index in [0.717, 1.165) is 41.3 Å². The van der Waals surface area contributed by atoms with Gasteiger partial charge in [-0.1, -0.05) is 29.8 Å². The van der Waals surface area contributed by atoms with E-state index in [9.17, 15) is 8.42 Å². The molecule has 2 heterocycles. The molecule has 26 heavy (non-hydrogen) atoms. The molecule has 0 aliphatic carbocycles. The van der Waals surface area contributed by atoms with Gasteiger partial charge in [0, 0.05) is 50.0 Å². The number of fused-ring (bicyclic) bond motifs is 1. The molecule has 0 atom stereocenters. The van der Waals surface area contributed by atoms with Gasteiger partial charge in [-0.05, 0) is 41.8 Å². The lowest BCUT2D eigenvalue weighted by atomic mass is 10.2. The van der Waals surface area contributed by atoms with Gasteiger partial charge in [-0.15, -0.1) is 0 Å². The number of sulfonamides is 1. The van der Waals surface area contributed by atoms with Crippen LogP contribution in [0, 0.1) is 0 Å². The average molecular weight is 392 g/mol. The van der Waals surface area contributed by atoms with Gasteiger partial charge < -0.3 is 5.32 Å². The fourth-order valence-corrected chi connectivity index (χ4v) is 5.26. The molecule has 2 aromatic carbocycles. The van der Waals surface area contributed by atoms with E-state index in [1.807, 2.05) is 36.4 Å². The minimum Gasteiger partial charge on any atom is -0.384 e. The quantitative estimate of drug-likeness (QED) is 0.870. The zero-order chi connectivity index (χ0) is 18.1. The minimum absolute atomic E-state index is 0.402. The Morgan fingerprint density at radius 2 is 1.81 bits per heavy atom. The van der Waals surface area contributed by atoms with E-state index in [1.165, 1.54) is 0 Å². The van der Waals surface area contributed by atoms with Crippen molar-refractivity contribution in [1.29, 1.82) is 0 Å². The molecule has 7 heteroatoms. The van der Waals surface area contributed by atoms with Crippen molar-refractivity contribution < 1.29 is 8.42 Å². The number of hydrogen-bond donors (Lipinski definition) is 1. The third-order valence-corrected chi connectivity index (χ3v) is 7.37. The molecular formula is C19H22ClN3O2S. The molecule has 2 aliphatic heterocycles. The molecule has 0 aromatic heterocycles. The Morgan fingerprint density at radius 1 is 1.04 bits per heavy atom. The summed E-state index contributed by atoms with van der Waals surface area (Å²) in [5.74, 6) is 0. The Kier molecular flexibility index (Phi) is 4.92. The van der Waals surface area contributed by atoms with Crippen molar-refractivity contribution in [1.82, 2.24) is 9.21 Å². The summed E-state index contributed by atoms with van der Waals surface area (Å²) in [6, 6.07) is 13.2. The van der Waals surface area contributed by atoms with Crippen molar-refractivity contribution in [2.45, 2.75) is 17.9 Å². The molecule has 4 rings (SSSR count). The van der Waals surface area contributed by atoms with Crippen molar-refractivity contribution in [2.24, 2.45) is 0 Å².